The molecule has 0 aliphatic carbocycles. The number of benzene rings is 1. The molecule has 0 bridgehead atoms. The molecule has 0 unspecified atom stereocenters. The van der Waals surface area contributed by atoms with Crippen LogP contribution in [-0.2, 0) is 4.79 Å². The Morgan fingerprint density at radius 2 is 2.04 bits per heavy atom. The molecule has 1 atom stereocenters. The van der Waals surface area contributed by atoms with Gasteiger partial charge in [-0.15, -0.1) is 11.3 Å². The number of amides is 2. The van der Waals surface area contributed by atoms with Gasteiger partial charge in [0.15, 0.2) is 0 Å². The summed E-state index contributed by atoms with van der Waals surface area (Å²) >= 11 is 1.44. The maximum absolute atomic E-state index is 12.5. The summed E-state index contributed by atoms with van der Waals surface area (Å²) in [5.74, 6) is 0.555. The lowest BCUT2D eigenvalue weighted by atomic mass is 9.97. The van der Waals surface area contributed by atoms with Crippen molar-refractivity contribution in [2.75, 3.05) is 25.5 Å². The van der Waals surface area contributed by atoms with Gasteiger partial charge in [-0.05, 0) is 48.6 Å². The quantitative estimate of drug-likeness (QED) is 0.926. The predicted molar refractivity (Wildman–Crippen MR) is 94.6 cm³/mol. The number of rotatable bonds is 4. The van der Waals surface area contributed by atoms with Crippen LogP contribution in [0.25, 0.3) is 0 Å². The number of hydrogen-bond acceptors (Lipinski definition) is 4. The number of anilines is 1. The lowest BCUT2D eigenvalue weighted by molar-refractivity contribution is -0.121. The Balaban J connectivity index is 1.61. The monoisotopic (exact) mass is 344 g/mol. The van der Waals surface area contributed by atoms with Gasteiger partial charge in [0.25, 0.3) is 5.91 Å². The molecule has 1 fully saturated rings. The second kappa shape index (κ2) is 7.49. The highest BCUT2D eigenvalue weighted by Gasteiger charge is 2.29. The zero-order valence-corrected chi connectivity index (χ0v) is 14.3. The van der Waals surface area contributed by atoms with E-state index in [4.69, 9.17) is 4.74 Å². The number of nitrogens with zero attached hydrogens (tertiary/aromatic N) is 1. The molecule has 1 aromatic carbocycles. The standard InChI is InChI=1S/C18H20N2O3S/c1-23-15-8-6-14(7-9-15)19-17(21)13-4-2-10-20(12-13)18(22)16-5-3-11-24-16/h3,5-9,11,13H,2,4,10,12H2,1H3,(H,19,21)/t13-/m1/s1. The molecule has 6 heteroatoms. The number of methoxy groups -OCH3 is 1. The summed E-state index contributed by atoms with van der Waals surface area (Å²) in [5, 5.41) is 4.82. The first-order chi connectivity index (χ1) is 11.7. The second-order valence-electron chi connectivity index (χ2n) is 5.79. The smallest absolute Gasteiger partial charge is 0.263 e. The average molecular weight is 344 g/mol. The van der Waals surface area contributed by atoms with Crippen LogP contribution in [-0.4, -0.2) is 36.9 Å². The first-order valence-corrected chi connectivity index (χ1v) is 8.83. The molecule has 0 spiro atoms. The van der Waals surface area contributed by atoms with Gasteiger partial charge in [-0.2, -0.15) is 0 Å². The molecule has 1 aliphatic rings. The van der Waals surface area contributed by atoms with Crippen LogP contribution in [0.15, 0.2) is 41.8 Å². The molecular formula is C18H20N2O3S. The summed E-state index contributed by atoms with van der Waals surface area (Å²) in [5.41, 5.74) is 0.738. The van der Waals surface area contributed by atoms with E-state index < -0.39 is 0 Å². The van der Waals surface area contributed by atoms with E-state index >= 15 is 0 Å². The SMILES string of the molecule is COc1ccc(NC(=O)[C@@H]2CCCN(C(=O)c3cccs3)C2)cc1. The minimum absolute atomic E-state index is 0.0203. The number of thiophene rings is 1. The van der Waals surface area contributed by atoms with Crippen LogP contribution in [0.3, 0.4) is 0 Å². The fraction of sp³-hybridized carbons (Fsp3) is 0.333. The minimum Gasteiger partial charge on any atom is -0.497 e. The molecule has 1 aromatic heterocycles. The number of carbonyl (C=O) groups is 2. The van der Waals surface area contributed by atoms with Crippen LogP contribution < -0.4 is 10.1 Å². The normalized spacial score (nSPS) is 17.4. The van der Waals surface area contributed by atoms with Crippen LogP contribution in [0.2, 0.25) is 0 Å². The van der Waals surface area contributed by atoms with Gasteiger partial charge in [-0.1, -0.05) is 6.07 Å². The minimum atomic E-state index is -0.176. The summed E-state index contributed by atoms with van der Waals surface area (Å²) in [6.45, 7) is 1.18. The Morgan fingerprint density at radius 1 is 1.25 bits per heavy atom. The summed E-state index contributed by atoms with van der Waals surface area (Å²) in [6, 6.07) is 10.9. The molecule has 2 heterocycles. The third-order valence-corrected chi connectivity index (χ3v) is 5.03. The highest BCUT2D eigenvalue weighted by Crippen LogP contribution is 2.22. The molecule has 24 heavy (non-hydrogen) atoms. The van der Waals surface area contributed by atoms with Gasteiger partial charge >= 0.3 is 0 Å². The summed E-state index contributed by atoms with van der Waals surface area (Å²) in [7, 11) is 1.61. The van der Waals surface area contributed by atoms with Crippen LogP contribution in [0.4, 0.5) is 5.69 Å². The number of ether oxygens (including phenoxy) is 1. The summed E-state index contributed by atoms with van der Waals surface area (Å²) < 4.78 is 5.11. The van der Waals surface area contributed by atoms with Gasteiger partial charge in [-0.25, -0.2) is 0 Å². The molecule has 126 valence electrons. The topological polar surface area (TPSA) is 58.6 Å². The van der Waals surface area contributed by atoms with Crippen molar-refractivity contribution in [2.24, 2.45) is 5.92 Å². The Bertz CT molecular complexity index is 698. The van der Waals surface area contributed by atoms with Gasteiger partial charge in [-0.3, -0.25) is 9.59 Å². The van der Waals surface area contributed by atoms with E-state index in [9.17, 15) is 9.59 Å². The molecular weight excluding hydrogens is 324 g/mol. The molecule has 1 saturated heterocycles. The zero-order chi connectivity index (χ0) is 16.9. The van der Waals surface area contributed by atoms with Crippen LogP contribution >= 0.6 is 11.3 Å². The van der Waals surface area contributed by atoms with E-state index in [0.717, 1.165) is 29.2 Å². The van der Waals surface area contributed by atoms with Gasteiger partial charge < -0.3 is 15.0 Å². The van der Waals surface area contributed by atoms with Crippen molar-refractivity contribution in [3.63, 3.8) is 0 Å². The van der Waals surface area contributed by atoms with Crippen molar-refractivity contribution in [1.82, 2.24) is 4.90 Å². The Kier molecular flexibility index (Phi) is 5.15. The van der Waals surface area contributed by atoms with Crippen molar-refractivity contribution in [3.8, 4) is 5.75 Å². The van der Waals surface area contributed by atoms with Gasteiger partial charge in [0.05, 0.1) is 17.9 Å². The van der Waals surface area contributed by atoms with Gasteiger partial charge in [0, 0.05) is 18.8 Å². The van der Waals surface area contributed by atoms with Gasteiger partial charge in [0.2, 0.25) is 5.91 Å². The van der Waals surface area contributed by atoms with Crippen molar-refractivity contribution in [1.29, 1.82) is 0 Å². The van der Waals surface area contributed by atoms with Crippen LogP contribution in [0.1, 0.15) is 22.5 Å². The largest absolute Gasteiger partial charge is 0.497 e. The number of nitrogens with one attached hydrogen (secondary N) is 1. The fourth-order valence-electron chi connectivity index (χ4n) is 2.85. The van der Waals surface area contributed by atoms with Crippen molar-refractivity contribution in [2.45, 2.75) is 12.8 Å². The van der Waals surface area contributed by atoms with E-state index in [-0.39, 0.29) is 17.7 Å². The average Bonchev–Trinajstić information content (AvgIpc) is 3.16. The Hall–Kier alpha value is -2.34. The Labute approximate surface area is 145 Å². The summed E-state index contributed by atoms with van der Waals surface area (Å²) in [6.07, 6.45) is 1.65. The molecule has 1 N–H and O–H groups in total. The number of carbonyl (C=O) groups excluding carboxylic acids is 2. The molecule has 0 radical (unpaired) electrons. The second-order valence-corrected chi connectivity index (χ2v) is 6.73. The van der Waals surface area contributed by atoms with E-state index in [1.54, 1.807) is 12.0 Å². The zero-order valence-electron chi connectivity index (χ0n) is 13.5. The third-order valence-electron chi connectivity index (χ3n) is 4.17. The first kappa shape index (κ1) is 16.5. The lowest BCUT2D eigenvalue weighted by Gasteiger charge is -2.31. The van der Waals surface area contributed by atoms with Crippen LogP contribution in [0.5, 0.6) is 5.75 Å². The molecule has 1 aliphatic heterocycles. The van der Waals surface area contributed by atoms with E-state index in [1.165, 1.54) is 11.3 Å². The molecule has 3 rings (SSSR count). The third kappa shape index (κ3) is 3.76. The Morgan fingerprint density at radius 3 is 2.71 bits per heavy atom. The number of piperidine rings is 1. The summed E-state index contributed by atoms with van der Waals surface area (Å²) in [4.78, 5) is 27.5. The first-order valence-electron chi connectivity index (χ1n) is 7.95. The predicted octanol–water partition coefficient (Wildman–Crippen LogP) is 3.25. The fourth-order valence-corrected chi connectivity index (χ4v) is 3.54. The van der Waals surface area contributed by atoms with E-state index in [2.05, 4.69) is 5.32 Å². The molecule has 5 nitrogen and oxygen atoms in total. The van der Waals surface area contributed by atoms with Gasteiger partial charge in [0.1, 0.15) is 5.75 Å². The highest BCUT2D eigenvalue weighted by atomic mass is 32.1. The lowest BCUT2D eigenvalue weighted by Crippen LogP contribution is -2.43. The van der Waals surface area contributed by atoms with Crippen molar-refractivity contribution >= 4 is 28.8 Å². The van der Waals surface area contributed by atoms with E-state index in [1.807, 2.05) is 41.8 Å². The van der Waals surface area contributed by atoms with Crippen molar-refractivity contribution < 1.29 is 14.3 Å². The maximum atomic E-state index is 12.5. The molecule has 0 saturated carbocycles. The molecule has 2 amide bonds. The van der Waals surface area contributed by atoms with E-state index in [0.29, 0.717) is 13.1 Å². The molecule has 2 aromatic rings. The highest BCUT2D eigenvalue weighted by molar-refractivity contribution is 7.12. The number of likely N-dealkylation sites (tertiary alicyclic amines) is 1. The van der Waals surface area contributed by atoms with Crippen molar-refractivity contribution in [3.05, 3.63) is 46.7 Å². The van der Waals surface area contributed by atoms with Crippen LogP contribution in [0, 0.1) is 5.92 Å². The maximum Gasteiger partial charge on any atom is 0.263 e. The number of hydrogen-bond donors (Lipinski definition) is 1.